The van der Waals surface area contributed by atoms with Crippen molar-refractivity contribution in [3.63, 3.8) is 0 Å². The minimum absolute atomic E-state index is 0.0423. The molecule has 0 atom stereocenters. The van der Waals surface area contributed by atoms with Gasteiger partial charge in [-0.2, -0.15) is 18.2 Å². The Bertz CT molecular complexity index is 595. The maximum absolute atomic E-state index is 12.3. The highest BCUT2D eigenvalue weighted by atomic mass is 35.5. The standard InChI is InChI=1S/C11H9ClF3N3O/c1-5(2)7-4-3-6(8(12)16-7)9-17-10(19-18-9)11(13,14)15/h3-5H,1-2H3. The lowest BCUT2D eigenvalue weighted by Gasteiger charge is -2.05. The fourth-order valence-electron chi connectivity index (χ4n) is 1.38. The van der Waals surface area contributed by atoms with Crippen molar-refractivity contribution < 1.29 is 17.7 Å². The van der Waals surface area contributed by atoms with Crippen LogP contribution in [0.1, 0.15) is 31.4 Å². The van der Waals surface area contributed by atoms with Gasteiger partial charge in [0.1, 0.15) is 5.15 Å². The Kier molecular flexibility index (Phi) is 3.49. The molecule has 0 spiro atoms. The van der Waals surface area contributed by atoms with Crippen molar-refractivity contribution in [1.29, 1.82) is 0 Å². The molecule has 0 bridgehead atoms. The van der Waals surface area contributed by atoms with E-state index in [0.717, 1.165) is 5.69 Å². The van der Waals surface area contributed by atoms with E-state index in [1.807, 2.05) is 13.8 Å². The van der Waals surface area contributed by atoms with Crippen molar-refractivity contribution in [1.82, 2.24) is 15.1 Å². The number of halogens is 4. The molecule has 0 fully saturated rings. The van der Waals surface area contributed by atoms with Gasteiger partial charge in [0.25, 0.3) is 0 Å². The number of pyridine rings is 1. The van der Waals surface area contributed by atoms with Crippen molar-refractivity contribution in [2.45, 2.75) is 25.9 Å². The third-order valence-electron chi connectivity index (χ3n) is 2.37. The highest BCUT2D eigenvalue weighted by Crippen LogP contribution is 2.31. The van der Waals surface area contributed by atoms with Crippen LogP contribution in [0.3, 0.4) is 0 Å². The number of hydrogen-bond acceptors (Lipinski definition) is 4. The highest BCUT2D eigenvalue weighted by molar-refractivity contribution is 6.31. The first-order chi connectivity index (χ1) is 8.79. The largest absolute Gasteiger partial charge is 0.471 e. The van der Waals surface area contributed by atoms with Crippen LogP contribution in [0.4, 0.5) is 13.2 Å². The van der Waals surface area contributed by atoms with Crippen LogP contribution in [0.15, 0.2) is 16.7 Å². The van der Waals surface area contributed by atoms with Crippen LogP contribution in [0, 0.1) is 0 Å². The van der Waals surface area contributed by atoms with Crippen molar-refractivity contribution in [2.24, 2.45) is 0 Å². The van der Waals surface area contributed by atoms with Gasteiger partial charge in [0, 0.05) is 5.69 Å². The predicted molar refractivity (Wildman–Crippen MR) is 61.6 cm³/mol. The van der Waals surface area contributed by atoms with Crippen molar-refractivity contribution in [3.8, 4) is 11.4 Å². The van der Waals surface area contributed by atoms with Gasteiger partial charge in [-0.3, -0.25) is 0 Å². The smallest absolute Gasteiger partial charge is 0.329 e. The Morgan fingerprint density at radius 1 is 1.21 bits per heavy atom. The summed E-state index contributed by atoms with van der Waals surface area (Å²) in [6, 6.07) is 3.19. The summed E-state index contributed by atoms with van der Waals surface area (Å²) in [6.45, 7) is 3.85. The maximum Gasteiger partial charge on any atom is 0.471 e. The summed E-state index contributed by atoms with van der Waals surface area (Å²) >= 11 is 5.92. The van der Waals surface area contributed by atoms with E-state index in [4.69, 9.17) is 11.6 Å². The molecule has 4 nitrogen and oxygen atoms in total. The van der Waals surface area contributed by atoms with E-state index in [2.05, 4.69) is 19.6 Å². The van der Waals surface area contributed by atoms with Crippen molar-refractivity contribution in [2.75, 3.05) is 0 Å². The van der Waals surface area contributed by atoms with Crippen LogP contribution in [-0.4, -0.2) is 15.1 Å². The third kappa shape index (κ3) is 2.86. The van der Waals surface area contributed by atoms with Gasteiger partial charge < -0.3 is 4.52 Å². The zero-order valence-corrected chi connectivity index (χ0v) is 10.7. The van der Waals surface area contributed by atoms with E-state index < -0.39 is 12.1 Å². The minimum atomic E-state index is -4.68. The average molecular weight is 292 g/mol. The second-order valence-corrected chi connectivity index (χ2v) is 4.51. The Morgan fingerprint density at radius 3 is 2.37 bits per heavy atom. The second kappa shape index (κ2) is 4.80. The van der Waals surface area contributed by atoms with Crippen LogP contribution in [-0.2, 0) is 6.18 Å². The first-order valence-electron chi connectivity index (χ1n) is 5.36. The molecule has 2 heterocycles. The summed E-state index contributed by atoms with van der Waals surface area (Å²) in [5.74, 6) is -1.49. The molecule has 2 rings (SSSR count). The number of alkyl halides is 3. The van der Waals surface area contributed by atoms with E-state index in [-0.39, 0.29) is 22.5 Å². The van der Waals surface area contributed by atoms with E-state index in [1.54, 1.807) is 6.07 Å². The summed E-state index contributed by atoms with van der Waals surface area (Å²) in [5, 5.41) is 3.30. The third-order valence-corrected chi connectivity index (χ3v) is 2.66. The number of aromatic nitrogens is 3. The first-order valence-corrected chi connectivity index (χ1v) is 5.74. The lowest BCUT2D eigenvalue weighted by Crippen LogP contribution is -2.04. The minimum Gasteiger partial charge on any atom is -0.329 e. The molecule has 0 unspecified atom stereocenters. The second-order valence-electron chi connectivity index (χ2n) is 4.15. The van der Waals surface area contributed by atoms with Gasteiger partial charge in [0.05, 0.1) is 5.56 Å². The summed E-state index contributed by atoms with van der Waals surface area (Å²) in [4.78, 5) is 7.34. The first kappa shape index (κ1) is 13.8. The lowest BCUT2D eigenvalue weighted by molar-refractivity contribution is -0.159. The number of rotatable bonds is 2. The van der Waals surface area contributed by atoms with Gasteiger partial charge >= 0.3 is 12.1 Å². The summed E-state index contributed by atoms with van der Waals surface area (Å²) in [7, 11) is 0. The Labute approximate surface area is 111 Å². The van der Waals surface area contributed by atoms with E-state index in [9.17, 15) is 13.2 Å². The Balaban J connectivity index is 2.40. The molecule has 0 aliphatic carbocycles. The molecular formula is C11H9ClF3N3O. The van der Waals surface area contributed by atoms with Crippen LogP contribution < -0.4 is 0 Å². The van der Waals surface area contributed by atoms with Crippen molar-refractivity contribution >= 4 is 11.6 Å². The fourth-order valence-corrected chi connectivity index (χ4v) is 1.63. The molecule has 0 aromatic carbocycles. The molecule has 0 saturated heterocycles. The van der Waals surface area contributed by atoms with Gasteiger partial charge in [0.15, 0.2) is 0 Å². The molecule has 0 saturated carbocycles. The van der Waals surface area contributed by atoms with E-state index in [1.165, 1.54) is 6.07 Å². The molecule has 0 amide bonds. The number of hydrogen-bond donors (Lipinski definition) is 0. The summed E-state index contributed by atoms with van der Waals surface area (Å²) in [6.07, 6.45) is -4.68. The molecule has 0 aliphatic heterocycles. The van der Waals surface area contributed by atoms with E-state index in [0.29, 0.717) is 0 Å². The molecule has 2 aromatic rings. The molecule has 0 radical (unpaired) electrons. The fraction of sp³-hybridized carbons (Fsp3) is 0.364. The molecule has 2 aromatic heterocycles. The topological polar surface area (TPSA) is 51.8 Å². The highest BCUT2D eigenvalue weighted by Gasteiger charge is 2.38. The molecule has 102 valence electrons. The molecule has 0 aliphatic rings. The predicted octanol–water partition coefficient (Wildman–Crippen LogP) is 3.93. The van der Waals surface area contributed by atoms with Gasteiger partial charge in [-0.1, -0.05) is 30.6 Å². The molecule has 0 N–H and O–H groups in total. The Morgan fingerprint density at radius 2 is 1.89 bits per heavy atom. The van der Waals surface area contributed by atoms with Crippen LogP contribution in [0.25, 0.3) is 11.4 Å². The number of nitrogens with zero attached hydrogens (tertiary/aromatic N) is 3. The molecule has 19 heavy (non-hydrogen) atoms. The monoisotopic (exact) mass is 291 g/mol. The maximum atomic E-state index is 12.3. The summed E-state index contributed by atoms with van der Waals surface area (Å²) < 4.78 is 41.2. The zero-order valence-electron chi connectivity index (χ0n) is 9.99. The SMILES string of the molecule is CC(C)c1ccc(-c2noc(C(F)(F)F)n2)c(Cl)n1. The van der Waals surface area contributed by atoms with Crippen molar-refractivity contribution in [3.05, 3.63) is 28.9 Å². The van der Waals surface area contributed by atoms with Gasteiger partial charge in [-0.25, -0.2) is 4.98 Å². The summed E-state index contributed by atoms with van der Waals surface area (Å²) in [5.41, 5.74) is 0.929. The Hall–Kier alpha value is -1.63. The normalized spacial score (nSPS) is 12.2. The molecule has 8 heteroatoms. The quantitative estimate of drug-likeness (QED) is 0.787. The van der Waals surface area contributed by atoms with E-state index >= 15 is 0 Å². The molecular weight excluding hydrogens is 283 g/mol. The van der Waals surface area contributed by atoms with Gasteiger partial charge in [-0.15, -0.1) is 0 Å². The lowest BCUT2D eigenvalue weighted by atomic mass is 10.1. The van der Waals surface area contributed by atoms with Gasteiger partial charge in [-0.05, 0) is 18.1 Å². The zero-order chi connectivity index (χ0) is 14.2. The van der Waals surface area contributed by atoms with Gasteiger partial charge in [0.2, 0.25) is 5.82 Å². The van der Waals surface area contributed by atoms with Crippen LogP contribution >= 0.6 is 11.6 Å². The van der Waals surface area contributed by atoms with Crippen LogP contribution in [0.2, 0.25) is 5.15 Å². The average Bonchev–Trinajstić information content (AvgIpc) is 2.77. The van der Waals surface area contributed by atoms with Crippen LogP contribution in [0.5, 0.6) is 0 Å².